The molecule has 0 aliphatic carbocycles. The van der Waals surface area contributed by atoms with Crippen LogP contribution in [0.2, 0.25) is 0 Å². The molecular formula is C12H11FN4S. The number of benzene rings is 1. The van der Waals surface area contributed by atoms with Crippen LogP contribution in [0, 0.1) is 5.82 Å². The molecule has 3 rings (SSSR count). The Kier molecular flexibility index (Phi) is 2.52. The molecule has 1 aliphatic rings. The summed E-state index contributed by atoms with van der Waals surface area (Å²) in [6, 6.07) is 6.37. The zero-order valence-corrected chi connectivity index (χ0v) is 10.3. The van der Waals surface area contributed by atoms with Crippen LogP contribution in [-0.4, -0.2) is 21.4 Å². The zero-order valence-electron chi connectivity index (χ0n) is 9.48. The van der Waals surface area contributed by atoms with Crippen LogP contribution in [0.1, 0.15) is 5.56 Å². The second-order valence-electron chi connectivity index (χ2n) is 4.11. The number of hydrogen-bond acceptors (Lipinski definition) is 3. The van der Waals surface area contributed by atoms with Gasteiger partial charge in [0.25, 0.3) is 0 Å². The minimum Gasteiger partial charge on any atom is -0.374 e. The molecule has 2 heterocycles. The zero-order chi connectivity index (χ0) is 12.7. The smallest absolute Gasteiger partial charge is 0.193 e. The van der Waals surface area contributed by atoms with Gasteiger partial charge in [-0.1, -0.05) is 12.1 Å². The van der Waals surface area contributed by atoms with Gasteiger partial charge in [-0.05, 0) is 30.8 Å². The van der Waals surface area contributed by atoms with E-state index >= 15 is 0 Å². The largest absolute Gasteiger partial charge is 0.374 e. The second-order valence-corrected chi connectivity index (χ2v) is 4.53. The molecule has 0 bridgehead atoms. The maximum absolute atomic E-state index is 13.3. The van der Waals surface area contributed by atoms with Gasteiger partial charge in [-0.3, -0.25) is 0 Å². The molecule has 6 heteroatoms. The van der Waals surface area contributed by atoms with Gasteiger partial charge < -0.3 is 11.1 Å². The van der Waals surface area contributed by atoms with Gasteiger partial charge in [-0.25, -0.2) is 4.39 Å². The number of fused-ring (bicyclic) bond motifs is 1. The number of hydrogen-bond donors (Lipinski definition) is 2. The van der Waals surface area contributed by atoms with Crippen LogP contribution < -0.4 is 11.1 Å². The Morgan fingerprint density at radius 2 is 2.33 bits per heavy atom. The Bertz CT molecular complexity index is 635. The molecule has 92 valence electrons. The first kappa shape index (κ1) is 11.2. The summed E-state index contributed by atoms with van der Waals surface area (Å²) in [7, 11) is 0. The highest BCUT2D eigenvalue weighted by atomic mass is 32.1. The topological polar surface area (TPSA) is 55.9 Å². The number of nitrogens with one attached hydrogen (secondary N) is 1. The van der Waals surface area contributed by atoms with Gasteiger partial charge >= 0.3 is 0 Å². The highest BCUT2D eigenvalue weighted by molar-refractivity contribution is 7.80. The average Bonchev–Trinajstić information content (AvgIpc) is 2.88. The normalized spacial score (nSPS) is 13.2. The van der Waals surface area contributed by atoms with Crippen LogP contribution in [0.5, 0.6) is 0 Å². The lowest BCUT2D eigenvalue weighted by Gasteiger charge is -2.02. The standard InChI is InChI=1S/C12H11FN4S/c13-8-3-1-2-7(6-8)10-9-4-5-15-11(9)17(16-10)12(14)18/h1-3,6,15H,4-5H2,(H2,14,18). The molecule has 0 saturated heterocycles. The van der Waals surface area contributed by atoms with Gasteiger partial charge in [-0.15, -0.1) is 0 Å². The van der Waals surface area contributed by atoms with Crippen LogP contribution >= 0.6 is 12.2 Å². The van der Waals surface area contributed by atoms with Gasteiger partial charge in [0.05, 0.1) is 5.69 Å². The average molecular weight is 262 g/mol. The van der Waals surface area contributed by atoms with Gasteiger partial charge in [0.15, 0.2) is 5.11 Å². The summed E-state index contributed by atoms with van der Waals surface area (Å²) in [5.41, 5.74) is 8.14. The molecule has 0 atom stereocenters. The van der Waals surface area contributed by atoms with E-state index in [-0.39, 0.29) is 10.9 Å². The van der Waals surface area contributed by atoms with Crippen LogP contribution in [0.3, 0.4) is 0 Å². The predicted molar refractivity (Wildman–Crippen MR) is 72.0 cm³/mol. The van der Waals surface area contributed by atoms with Crippen molar-refractivity contribution < 1.29 is 4.39 Å². The minimum absolute atomic E-state index is 0.184. The molecule has 0 amide bonds. The Morgan fingerprint density at radius 3 is 3.06 bits per heavy atom. The van der Waals surface area contributed by atoms with Gasteiger partial charge in [0.2, 0.25) is 0 Å². The number of aromatic nitrogens is 2. The summed E-state index contributed by atoms with van der Waals surface area (Å²) in [6.07, 6.45) is 0.837. The fourth-order valence-electron chi connectivity index (χ4n) is 2.20. The van der Waals surface area contributed by atoms with Crippen LogP contribution in [0.15, 0.2) is 24.3 Å². The fraction of sp³-hybridized carbons (Fsp3) is 0.167. The lowest BCUT2D eigenvalue weighted by molar-refractivity contribution is 0.628. The van der Waals surface area contributed by atoms with E-state index in [2.05, 4.69) is 10.4 Å². The molecule has 0 fully saturated rings. The van der Waals surface area contributed by atoms with E-state index in [9.17, 15) is 4.39 Å². The van der Waals surface area contributed by atoms with Crippen LogP contribution in [0.25, 0.3) is 11.3 Å². The lowest BCUT2D eigenvalue weighted by atomic mass is 10.1. The van der Waals surface area contributed by atoms with Crippen molar-refractivity contribution in [2.75, 3.05) is 11.9 Å². The predicted octanol–water partition coefficient (Wildman–Crippen LogP) is 1.75. The molecular weight excluding hydrogens is 251 g/mol. The number of thiocarbonyl (C=S) groups is 1. The van der Waals surface area contributed by atoms with E-state index < -0.39 is 0 Å². The molecule has 0 spiro atoms. The van der Waals surface area contributed by atoms with E-state index in [1.54, 1.807) is 6.07 Å². The fourth-order valence-corrected chi connectivity index (χ4v) is 2.33. The van der Waals surface area contributed by atoms with Crippen LogP contribution in [-0.2, 0) is 6.42 Å². The molecule has 0 unspecified atom stereocenters. The number of nitrogens with two attached hydrogens (primary N) is 1. The first-order chi connectivity index (χ1) is 8.66. The van der Waals surface area contributed by atoms with Crippen molar-refractivity contribution in [3.8, 4) is 11.3 Å². The number of anilines is 1. The third kappa shape index (κ3) is 1.65. The Labute approximate surface area is 109 Å². The Balaban J connectivity index is 2.19. The third-order valence-electron chi connectivity index (χ3n) is 2.96. The van der Waals surface area contributed by atoms with E-state index in [4.69, 9.17) is 18.0 Å². The van der Waals surface area contributed by atoms with Crippen LogP contribution in [0.4, 0.5) is 10.2 Å². The Hall–Kier alpha value is -1.95. The Morgan fingerprint density at radius 1 is 1.50 bits per heavy atom. The summed E-state index contributed by atoms with van der Waals surface area (Å²) < 4.78 is 14.8. The van der Waals surface area contributed by atoms with Crippen molar-refractivity contribution in [3.05, 3.63) is 35.6 Å². The van der Waals surface area contributed by atoms with Gasteiger partial charge in [-0.2, -0.15) is 9.78 Å². The SMILES string of the molecule is NC(=S)n1nc(-c2cccc(F)c2)c2c1NCC2. The molecule has 2 aromatic rings. The van der Waals surface area contributed by atoms with E-state index in [0.717, 1.165) is 35.6 Å². The van der Waals surface area contributed by atoms with E-state index in [0.29, 0.717) is 0 Å². The summed E-state index contributed by atoms with van der Waals surface area (Å²) in [4.78, 5) is 0. The van der Waals surface area contributed by atoms with Crippen molar-refractivity contribution in [1.82, 2.24) is 9.78 Å². The van der Waals surface area contributed by atoms with Crippen molar-refractivity contribution in [2.45, 2.75) is 6.42 Å². The molecule has 1 aliphatic heterocycles. The maximum atomic E-state index is 13.3. The van der Waals surface area contributed by atoms with Gasteiger partial charge in [0.1, 0.15) is 11.6 Å². The van der Waals surface area contributed by atoms with Gasteiger partial charge in [0, 0.05) is 17.7 Å². The number of rotatable bonds is 1. The van der Waals surface area contributed by atoms with Crippen molar-refractivity contribution in [2.24, 2.45) is 5.73 Å². The first-order valence-corrected chi connectivity index (χ1v) is 5.99. The highest BCUT2D eigenvalue weighted by Crippen LogP contribution is 2.32. The molecule has 0 radical (unpaired) electrons. The third-order valence-corrected chi connectivity index (χ3v) is 3.13. The van der Waals surface area contributed by atoms with E-state index in [1.165, 1.54) is 16.8 Å². The first-order valence-electron chi connectivity index (χ1n) is 5.58. The number of nitrogens with zero attached hydrogens (tertiary/aromatic N) is 2. The lowest BCUT2D eigenvalue weighted by Crippen LogP contribution is -2.22. The summed E-state index contributed by atoms with van der Waals surface area (Å²) in [5.74, 6) is 0.541. The summed E-state index contributed by atoms with van der Waals surface area (Å²) in [6.45, 7) is 0.818. The minimum atomic E-state index is -0.280. The molecule has 18 heavy (non-hydrogen) atoms. The number of halogens is 1. The van der Waals surface area contributed by atoms with Crippen molar-refractivity contribution in [3.63, 3.8) is 0 Å². The summed E-state index contributed by atoms with van der Waals surface area (Å²) in [5, 5.41) is 7.74. The van der Waals surface area contributed by atoms with Crippen molar-refractivity contribution in [1.29, 1.82) is 0 Å². The second kappa shape index (κ2) is 4.06. The maximum Gasteiger partial charge on any atom is 0.193 e. The van der Waals surface area contributed by atoms with E-state index in [1.807, 2.05) is 6.07 Å². The highest BCUT2D eigenvalue weighted by Gasteiger charge is 2.24. The quantitative estimate of drug-likeness (QED) is 0.769. The molecule has 1 aromatic heterocycles. The monoisotopic (exact) mass is 262 g/mol. The van der Waals surface area contributed by atoms with Crippen molar-refractivity contribution >= 4 is 23.1 Å². The molecule has 0 saturated carbocycles. The molecule has 3 N–H and O–H groups in total. The molecule has 1 aromatic carbocycles. The summed E-state index contributed by atoms with van der Waals surface area (Å²) >= 11 is 4.96. The molecule has 4 nitrogen and oxygen atoms in total.